The second-order valence-corrected chi connectivity index (χ2v) is 6.60. The summed E-state index contributed by atoms with van der Waals surface area (Å²) in [7, 11) is 0. The van der Waals surface area contributed by atoms with Crippen LogP contribution in [-0.2, 0) is 9.59 Å². The van der Waals surface area contributed by atoms with E-state index in [1.807, 2.05) is 6.92 Å². The van der Waals surface area contributed by atoms with Crippen LogP contribution in [0.15, 0.2) is 0 Å². The van der Waals surface area contributed by atoms with E-state index in [0.29, 0.717) is 18.9 Å². The molecule has 0 aromatic rings. The van der Waals surface area contributed by atoms with Gasteiger partial charge >= 0.3 is 5.97 Å². The molecule has 0 spiro atoms. The van der Waals surface area contributed by atoms with E-state index in [0.717, 1.165) is 25.8 Å². The molecule has 1 aliphatic heterocycles. The number of carboxylic acid groups (broad SMARTS) is 1. The molecule has 0 aromatic heterocycles. The maximum Gasteiger partial charge on any atom is 0.303 e. The van der Waals surface area contributed by atoms with Crippen molar-refractivity contribution >= 4 is 11.9 Å². The van der Waals surface area contributed by atoms with E-state index in [1.165, 1.54) is 0 Å². The largest absolute Gasteiger partial charge is 0.481 e. The fraction of sp³-hybridized carbons (Fsp3) is 0.867. The molecule has 1 amide bonds. The summed E-state index contributed by atoms with van der Waals surface area (Å²) in [5.74, 6) is -0.368. The van der Waals surface area contributed by atoms with E-state index in [-0.39, 0.29) is 23.8 Å². The highest BCUT2D eigenvalue weighted by Crippen LogP contribution is 2.30. The number of carbonyl (C=O) groups is 2. The number of hydrogen-bond acceptors (Lipinski definition) is 3. The summed E-state index contributed by atoms with van der Waals surface area (Å²) in [6.45, 7) is 7.79. The third-order valence-corrected chi connectivity index (χ3v) is 4.18. The predicted octanol–water partition coefficient (Wildman–Crippen LogP) is 1.77. The zero-order valence-corrected chi connectivity index (χ0v) is 12.9. The van der Waals surface area contributed by atoms with Crippen molar-refractivity contribution in [3.05, 3.63) is 0 Å². The standard InChI is InChI=1S/C15H28N2O3/c1-11(5-6-12(18)19)7-10-17-14(20)13-15(2,3)8-4-9-16-13/h11,13,16H,4-10H2,1-3H3,(H,17,20)(H,18,19). The van der Waals surface area contributed by atoms with E-state index in [9.17, 15) is 9.59 Å². The van der Waals surface area contributed by atoms with E-state index in [2.05, 4.69) is 24.5 Å². The quantitative estimate of drug-likeness (QED) is 0.666. The molecule has 20 heavy (non-hydrogen) atoms. The summed E-state index contributed by atoms with van der Waals surface area (Å²) in [4.78, 5) is 22.7. The van der Waals surface area contributed by atoms with Gasteiger partial charge in [0.2, 0.25) is 5.91 Å². The molecule has 5 nitrogen and oxygen atoms in total. The normalized spacial score (nSPS) is 23.1. The highest BCUT2D eigenvalue weighted by Gasteiger charge is 2.36. The molecule has 1 rings (SSSR count). The molecule has 2 atom stereocenters. The Balaban J connectivity index is 2.27. The lowest BCUT2D eigenvalue weighted by Crippen LogP contribution is -2.55. The molecule has 0 aliphatic carbocycles. The van der Waals surface area contributed by atoms with Crippen LogP contribution in [0.3, 0.4) is 0 Å². The van der Waals surface area contributed by atoms with Gasteiger partial charge in [0.25, 0.3) is 0 Å². The third kappa shape index (κ3) is 5.49. The topological polar surface area (TPSA) is 78.4 Å². The fourth-order valence-corrected chi connectivity index (χ4v) is 2.72. The molecule has 1 saturated heterocycles. The van der Waals surface area contributed by atoms with Gasteiger partial charge in [-0.25, -0.2) is 0 Å². The lowest BCUT2D eigenvalue weighted by Gasteiger charge is -2.38. The predicted molar refractivity (Wildman–Crippen MR) is 78.5 cm³/mol. The summed E-state index contributed by atoms with van der Waals surface area (Å²) in [6, 6.07) is -0.120. The van der Waals surface area contributed by atoms with Crippen LogP contribution in [0.5, 0.6) is 0 Å². The summed E-state index contributed by atoms with van der Waals surface area (Å²) < 4.78 is 0. The molecule has 0 aromatic carbocycles. The Morgan fingerprint density at radius 3 is 2.70 bits per heavy atom. The first-order valence-corrected chi connectivity index (χ1v) is 7.56. The smallest absolute Gasteiger partial charge is 0.303 e. The first-order chi connectivity index (χ1) is 9.33. The minimum absolute atomic E-state index is 0.00272. The van der Waals surface area contributed by atoms with Gasteiger partial charge in [0, 0.05) is 13.0 Å². The molecular formula is C15H28N2O3. The van der Waals surface area contributed by atoms with Crippen LogP contribution in [0.1, 0.15) is 52.9 Å². The number of piperidine rings is 1. The van der Waals surface area contributed by atoms with E-state index < -0.39 is 5.97 Å². The number of amides is 1. The van der Waals surface area contributed by atoms with Crippen LogP contribution < -0.4 is 10.6 Å². The molecular weight excluding hydrogens is 256 g/mol. The van der Waals surface area contributed by atoms with Crippen LogP contribution in [0.2, 0.25) is 0 Å². The monoisotopic (exact) mass is 284 g/mol. The van der Waals surface area contributed by atoms with E-state index >= 15 is 0 Å². The second-order valence-electron chi connectivity index (χ2n) is 6.60. The van der Waals surface area contributed by atoms with Gasteiger partial charge in [0.1, 0.15) is 0 Å². The summed E-state index contributed by atoms with van der Waals surface area (Å²) in [5, 5.41) is 14.9. The molecule has 1 heterocycles. The van der Waals surface area contributed by atoms with Crippen LogP contribution in [-0.4, -0.2) is 36.1 Å². The minimum Gasteiger partial charge on any atom is -0.481 e. The lowest BCUT2D eigenvalue weighted by atomic mass is 9.77. The van der Waals surface area contributed by atoms with Gasteiger partial charge in [-0.3, -0.25) is 9.59 Å². The zero-order valence-electron chi connectivity index (χ0n) is 12.9. The number of hydrogen-bond donors (Lipinski definition) is 3. The molecule has 116 valence electrons. The van der Waals surface area contributed by atoms with Crippen molar-refractivity contribution in [2.45, 2.75) is 58.9 Å². The van der Waals surface area contributed by atoms with Gasteiger partial charge in [0.05, 0.1) is 6.04 Å². The number of nitrogens with one attached hydrogen (secondary N) is 2. The lowest BCUT2D eigenvalue weighted by molar-refractivity contribution is -0.137. The minimum atomic E-state index is -0.756. The van der Waals surface area contributed by atoms with E-state index in [4.69, 9.17) is 5.11 Å². The van der Waals surface area contributed by atoms with Gasteiger partial charge in [0.15, 0.2) is 0 Å². The van der Waals surface area contributed by atoms with Gasteiger partial charge in [-0.15, -0.1) is 0 Å². The van der Waals surface area contributed by atoms with Gasteiger partial charge in [-0.2, -0.15) is 0 Å². The Morgan fingerprint density at radius 2 is 2.10 bits per heavy atom. The van der Waals surface area contributed by atoms with Crippen molar-refractivity contribution in [2.24, 2.45) is 11.3 Å². The Kier molecular flexibility index (Phi) is 6.46. The maximum absolute atomic E-state index is 12.2. The summed E-state index contributed by atoms with van der Waals surface area (Å²) in [6.07, 6.45) is 3.87. The number of carbonyl (C=O) groups excluding carboxylic acids is 1. The van der Waals surface area contributed by atoms with Crippen LogP contribution >= 0.6 is 0 Å². The van der Waals surface area contributed by atoms with Crippen molar-refractivity contribution in [1.29, 1.82) is 0 Å². The molecule has 1 fully saturated rings. The Morgan fingerprint density at radius 1 is 1.40 bits per heavy atom. The van der Waals surface area contributed by atoms with Crippen LogP contribution in [0, 0.1) is 11.3 Å². The fourth-order valence-electron chi connectivity index (χ4n) is 2.72. The summed E-state index contributed by atoms with van der Waals surface area (Å²) >= 11 is 0. The van der Waals surface area contributed by atoms with Gasteiger partial charge in [-0.1, -0.05) is 20.8 Å². The average Bonchev–Trinajstić information content (AvgIpc) is 2.35. The third-order valence-electron chi connectivity index (χ3n) is 4.18. The maximum atomic E-state index is 12.2. The molecule has 0 radical (unpaired) electrons. The van der Waals surface area contributed by atoms with Crippen LogP contribution in [0.4, 0.5) is 0 Å². The van der Waals surface area contributed by atoms with E-state index in [1.54, 1.807) is 0 Å². The second kappa shape index (κ2) is 7.62. The van der Waals surface area contributed by atoms with Gasteiger partial charge < -0.3 is 15.7 Å². The highest BCUT2D eigenvalue weighted by atomic mass is 16.4. The van der Waals surface area contributed by atoms with Crippen molar-refractivity contribution < 1.29 is 14.7 Å². The van der Waals surface area contributed by atoms with Crippen molar-refractivity contribution in [3.63, 3.8) is 0 Å². The molecule has 5 heteroatoms. The van der Waals surface area contributed by atoms with Crippen LogP contribution in [0.25, 0.3) is 0 Å². The summed E-state index contributed by atoms with van der Waals surface area (Å²) in [5.41, 5.74) is -0.00272. The molecule has 2 unspecified atom stereocenters. The Hall–Kier alpha value is -1.10. The molecule has 0 saturated carbocycles. The Bertz CT molecular complexity index is 342. The first-order valence-electron chi connectivity index (χ1n) is 7.56. The molecule has 1 aliphatic rings. The highest BCUT2D eigenvalue weighted by molar-refractivity contribution is 5.82. The molecule has 0 bridgehead atoms. The Labute approximate surface area is 121 Å². The van der Waals surface area contributed by atoms with Crippen molar-refractivity contribution in [1.82, 2.24) is 10.6 Å². The van der Waals surface area contributed by atoms with Crippen molar-refractivity contribution in [2.75, 3.05) is 13.1 Å². The molecule has 3 N–H and O–H groups in total. The zero-order chi connectivity index (χ0) is 15.2. The first kappa shape index (κ1) is 17.0. The van der Waals surface area contributed by atoms with Gasteiger partial charge in [-0.05, 0) is 43.6 Å². The van der Waals surface area contributed by atoms with Crippen molar-refractivity contribution in [3.8, 4) is 0 Å². The number of carboxylic acids is 1. The number of rotatable bonds is 7. The SMILES string of the molecule is CC(CCNC(=O)C1NCCCC1(C)C)CCC(=O)O. The number of aliphatic carboxylic acids is 1. The average molecular weight is 284 g/mol.